The highest BCUT2D eigenvalue weighted by Crippen LogP contribution is 2.21. The zero-order valence-electron chi connectivity index (χ0n) is 11.9. The smallest absolute Gasteiger partial charge is 0.236 e. The summed E-state index contributed by atoms with van der Waals surface area (Å²) in [5.41, 5.74) is 0.667. The number of rotatable bonds is 4. The third-order valence-corrected chi connectivity index (χ3v) is 3.93. The molecule has 3 nitrogen and oxygen atoms in total. The van der Waals surface area contributed by atoms with Gasteiger partial charge in [-0.1, -0.05) is 6.07 Å². The molecule has 1 aromatic rings. The van der Waals surface area contributed by atoms with E-state index in [1.54, 1.807) is 6.07 Å². The van der Waals surface area contributed by atoms with Gasteiger partial charge in [0.05, 0.1) is 6.54 Å². The van der Waals surface area contributed by atoms with E-state index in [0.29, 0.717) is 12.1 Å². The molecule has 0 radical (unpaired) electrons. The highest BCUT2D eigenvalue weighted by Gasteiger charge is 2.22. The van der Waals surface area contributed by atoms with E-state index in [2.05, 4.69) is 0 Å². The van der Waals surface area contributed by atoms with E-state index < -0.39 is 11.6 Å². The summed E-state index contributed by atoms with van der Waals surface area (Å²) in [6, 6.07) is 3.73. The second kappa shape index (κ2) is 6.31. The van der Waals surface area contributed by atoms with Crippen molar-refractivity contribution in [3.8, 4) is 0 Å². The maximum Gasteiger partial charge on any atom is 0.236 e. The number of likely N-dealkylation sites (tertiary alicyclic amines) is 1. The summed E-state index contributed by atoms with van der Waals surface area (Å²) in [4.78, 5) is 15.8. The summed E-state index contributed by atoms with van der Waals surface area (Å²) in [7, 11) is 1.82. The second-order valence-electron chi connectivity index (χ2n) is 5.35. The molecule has 0 aromatic heterocycles. The Morgan fingerprint density at radius 1 is 1.30 bits per heavy atom. The van der Waals surface area contributed by atoms with Crippen molar-refractivity contribution >= 4 is 5.91 Å². The minimum Gasteiger partial charge on any atom is -0.342 e. The fraction of sp³-hybridized carbons (Fsp3) is 0.533. The van der Waals surface area contributed by atoms with Crippen LogP contribution in [0, 0.1) is 11.6 Å². The Morgan fingerprint density at radius 2 is 1.95 bits per heavy atom. The van der Waals surface area contributed by atoms with E-state index in [9.17, 15) is 13.6 Å². The normalized spacial score (nSPS) is 16.8. The molecule has 0 N–H and O–H groups in total. The standard InChI is InChI=1S/C15H20F2N2O/c1-11(12-5-6-13(16)14(17)9-12)18(2)10-15(20)19-7-3-4-8-19/h5-6,9,11H,3-4,7-8,10H2,1-2H3. The van der Waals surface area contributed by atoms with Gasteiger partial charge in [-0.2, -0.15) is 0 Å². The van der Waals surface area contributed by atoms with E-state index in [1.165, 1.54) is 6.07 Å². The topological polar surface area (TPSA) is 23.6 Å². The van der Waals surface area contributed by atoms with Crippen LogP contribution in [0.1, 0.15) is 31.4 Å². The summed E-state index contributed by atoms with van der Waals surface area (Å²) >= 11 is 0. The first kappa shape index (κ1) is 14.9. The molecule has 1 fully saturated rings. The SMILES string of the molecule is CC(c1ccc(F)c(F)c1)N(C)CC(=O)N1CCCC1. The molecule has 0 saturated carbocycles. The van der Waals surface area contributed by atoms with Gasteiger partial charge in [0.1, 0.15) is 0 Å². The average Bonchev–Trinajstić information content (AvgIpc) is 2.95. The summed E-state index contributed by atoms with van der Waals surface area (Å²) in [6.07, 6.45) is 2.13. The lowest BCUT2D eigenvalue weighted by Gasteiger charge is -2.26. The number of nitrogens with zero attached hydrogens (tertiary/aromatic N) is 2. The molecule has 110 valence electrons. The summed E-state index contributed by atoms with van der Waals surface area (Å²) in [5.74, 6) is -1.61. The quantitative estimate of drug-likeness (QED) is 0.847. The molecule has 1 aliphatic rings. The number of hydrogen-bond donors (Lipinski definition) is 0. The summed E-state index contributed by atoms with van der Waals surface area (Å²) in [5, 5.41) is 0. The third-order valence-electron chi connectivity index (χ3n) is 3.93. The van der Waals surface area contributed by atoms with Gasteiger partial charge < -0.3 is 4.90 Å². The predicted molar refractivity (Wildman–Crippen MR) is 73.2 cm³/mol. The van der Waals surface area contributed by atoms with E-state index in [1.807, 2.05) is 23.8 Å². The molecule has 1 heterocycles. The Labute approximate surface area is 118 Å². The van der Waals surface area contributed by atoms with Gasteiger partial charge in [0.2, 0.25) is 5.91 Å². The van der Waals surface area contributed by atoms with Crippen molar-refractivity contribution < 1.29 is 13.6 Å². The van der Waals surface area contributed by atoms with Crippen LogP contribution in [0.25, 0.3) is 0 Å². The van der Waals surface area contributed by atoms with Crippen LogP contribution in [0.5, 0.6) is 0 Å². The molecule has 1 atom stereocenters. The van der Waals surface area contributed by atoms with Crippen molar-refractivity contribution in [2.75, 3.05) is 26.7 Å². The molecular formula is C15H20F2N2O. The molecule has 5 heteroatoms. The largest absolute Gasteiger partial charge is 0.342 e. The van der Waals surface area contributed by atoms with Crippen molar-refractivity contribution in [3.05, 3.63) is 35.4 Å². The minimum atomic E-state index is -0.853. The molecule has 1 amide bonds. The van der Waals surface area contributed by atoms with Gasteiger partial charge in [-0.05, 0) is 44.5 Å². The molecule has 0 spiro atoms. The Bertz CT molecular complexity index is 487. The van der Waals surface area contributed by atoms with Crippen molar-refractivity contribution in [2.24, 2.45) is 0 Å². The second-order valence-corrected chi connectivity index (χ2v) is 5.35. The molecule has 1 aromatic carbocycles. The lowest BCUT2D eigenvalue weighted by molar-refractivity contribution is -0.131. The van der Waals surface area contributed by atoms with Gasteiger partial charge >= 0.3 is 0 Å². The van der Waals surface area contributed by atoms with Crippen molar-refractivity contribution in [1.82, 2.24) is 9.80 Å². The van der Waals surface area contributed by atoms with E-state index >= 15 is 0 Å². The predicted octanol–water partition coefficient (Wildman–Crippen LogP) is 2.58. The van der Waals surface area contributed by atoms with Crippen molar-refractivity contribution in [2.45, 2.75) is 25.8 Å². The zero-order chi connectivity index (χ0) is 14.7. The summed E-state index contributed by atoms with van der Waals surface area (Å²) in [6.45, 7) is 3.82. The van der Waals surface area contributed by atoms with Crippen LogP contribution in [-0.2, 0) is 4.79 Å². The average molecular weight is 282 g/mol. The number of amides is 1. The van der Waals surface area contributed by atoms with Gasteiger partial charge in [0.15, 0.2) is 11.6 Å². The van der Waals surface area contributed by atoms with Crippen LogP contribution in [-0.4, -0.2) is 42.4 Å². The van der Waals surface area contributed by atoms with Gasteiger partial charge in [-0.25, -0.2) is 8.78 Å². The lowest BCUT2D eigenvalue weighted by atomic mass is 10.1. The molecule has 0 bridgehead atoms. The van der Waals surface area contributed by atoms with E-state index in [4.69, 9.17) is 0 Å². The van der Waals surface area contributed by atoms with E-state index in [-0.39, 0.29) is 11.9 Å². The number of benzene rings is 1. The number of hydrogen-bond acceptors (Lipinski definition) is 2. The minimum absolute atomic E-state index is 0.0967. The van der Waals surface area contributed by atoms with Gasteiger partial charge in [-0.15, -0.1) is 0 Å². The summed E-state index contributed by atoms with van der Waals surface area (Å²) < 4.78 is 26.2. The highest BCUT2D eigenvalue weighted by atomic mass is 19.2. The van der Waals surface area contributed by atoms with Crippen molar-refractivity contribution in [1.29, 1.82) is 0 Å². The zero-order valence-corrected chi connectivity index (χ0v) is 11.9. The Balaban J connectivity index is 1.98. The lowest BCUT2D eigenvalue weighted by Crippen LogP contribution is -2.38. The van der Waals surface area contributed by atoms with Crippen LogP contribution in [0.4, 0.5) is 8.78 Å². The molecular weight excluding hydrogens is 262 g/mol. The maximum absolute atomic E-state index is 13.2. The van der Waals surface area contributed by atoms with Crippen LogP contribution < -0.4 is 0 Å². The first-order valence-electron chi connectivity index (χ1n) is 6.92. The maximum atomic E-state index is 13.2. The van der Waals surface area contributed by atoms with Crippen LogP contribution in [0.2, 0.25) is 0 Å². The Morgan fingerprint density at radius 3 is 2.55 bits per heavy atom. The third kappa shape index (κ3) is 3.33. The van der Waals surface area contributed by atoms with Gasteiger partial charge in [-0.3, -0.25) is 9.69 Å². The molecule has 1 saturated heterocycles. The fourth-order valence-corrected chi connectivity index (χ4v) is 2.44. The first-order chi connectivity index (χ1) is 9.49. The number of likely N-dealkylation sites (N-methyl/N-ethyl adjacent to an activating group) is 1. The molecule has 0 aliphatic carbocycles. The van der Waals surface area contributed by atoms with Crippen LogP contribution in [0.3, 0.4) is 0 Å². The number of carbonyl (C=O) groups excluding carboxylic acids is 1. The number of carbonyl (C=O) groups is 1. The molecule has 2 rings (SSSR count). The molecule has 1 aliphatic heterocycles. The Hall–Kier alpha value is -1.49. The van der Waals surface area contributed by atoms with Crippen LogP contribution in [0.15, 0.2) is 18.2 Å². The first-order valence-corrected chi connectivity index (χ1v) is 6.92. The monoisotopic (exact) mass is 282 g/mol. The van der Waals surface area contributed by atoms with Gasteiger partial charge in [0.25, 0.3) is 0 Å². The molecule has 1 unspecified atom stereocenters. The Kier molecular flexibility index (Phi) is 4.70. The fourth-order valence-electron chi connectivity index (χ4n) is 2.44. The van der Waals surface area contributed by atoms with Crippen molar-refractivity contribution in [3.63, 3.8) is 0 Å². The van der Waals surface area contributed by atoms with E-state index in [0.717, 1.165) is 32.0 Å². The van der Waals surface area contributed by atoms with Crippen LogP contribution >= 0.6 is 0 Å². The number of halogens is 2. The molecule has 20 heavy (non-hydrogen) atoms. The van der Waals surface area contributed by atoms with Gasteiger partial charge in [0, 0.05) is 19.1 Å². The highest BCUT2D eigenvalue weighted by molar-refractivity contribution is 5.78.